The average Bonchev–Trinajstić information content (AvgIpc) is 2.50. The number of nitrogens with zero attached hydrogens (tertiary/aromatic N) is 2. The van der Waals surface area contributed by atoms with Crippen molar-refractivity contribution in [3.63, 3.8) is 0 Å². The second-order valence-corrected chi connectivity index (χ2v) is 6.50. The molecule has 2 aromatic rings. The summed E-state index contributed by atoms with van der Waals surface area (Å²) in [5.41, 5.74) is 1.85. The van der Waals surface area contributed by atoms with Gasteiger partial charge in [-0.2, -0.15) is 0 Å². The lowest BCUT2D eigenvalue weighted by Gasteiger charge is -2.29. The average molecular weight is 314 g/mol. The number of hydrogen-bond acceptors (Lipinski definition) is 3. The molecule has 0 saturated heterocycles. The predicted molar refractivity (Wildman–Crippen MR) is 93.6 cm³/mol. The summed E-state index contributed by atoms with van der Waals surface area (Å²) in [4.78, 5) is 14.2. The summed E-state index contributed by atoms with van der Waals surface area (Å²) >= 11 is 0. The fourth-order valence-electron chi connectivity index (χ4n) is 2.63. The molecule has 0 spiro atoms. The summed E-state index contributed by atoms with van der Waals surface area (Å²) in [6.07, 6.45) is 1.54. The zero-order valence-corrected chi connectivity index (χ0v) is 14.4. The van der Waals surface area contributed by atoms with Crippen LogP contribution >= 0.6 is 0 Å². The first-order chi connectivity index (χ1) is 10.9. The lowest BCUT2D eigenvalue weighted by molar-refractivity contribution is 0.196. The molecule has 2 rings (SSSR count). The van der Waals surface area contributed by atoms with Gasteiger partial charge in [0, 0.05) is 36.9 Å². The summed E-state index contributed by atoms with van der Waals surface area (Å²) in [6.45, 7) is 9.89. The van der Waals surface area contributed by atoms with Crippen molar-refractivity contribution in [2.24, 2.45) is 0 Å². The van der Waals surface area contributed by atoms with Gasteiger partial charge >= 0.3 is 0 Å². The fraction of sp³-hybridized carbons (Fsp3) is 0.421. The second kappa shape index (κ2) is 7.47. The van der Waals surface area contributed by atoms with Gasteiger partial charge in [-0.3, -0.25) is 9.69 Å². The van der Waals surface area contributed by atoms with Gasteiger partial charge in [-0.25, -0.2) is 0 Å². The first-order valence-corrected chi connectivity index (χ1v) is 8.10. The summed E-state index contributed by atoms with van der Waals surface area (Å²) in [5.74, 6) is -0.193. The summed E-state index contributed by atoms with van der Waals surface area (Å²) in [6, 6.07) is 12.4. The standard InChI is InChI=1S/C19H26N2O2/c1-14(2)20(11-16-8-6-5-7-9-16)12-17-10-18(22)19(23)13-21(17)15(3)4/h5-10,13-15,23H,11-12H2,1-4H3. The lowest BCUT2D eigenvalue weighted by atomic mass is 10.1. The van der Waals surface area contributed by atoms with E-state index in [9.17, 15) is 9.90 Å². The Morgan fingerprint density at radius 1 is 1.09 bits per heavy atom. The highest BCUT2D eigenvalue weighted by atomic mass is 16.3. The molecule has 4 nitrogen and oxygen atoms in total. The van der Waals surface area contributed by atoms with Crippen LogP contribution in [-0.4, -0.2) is 20.6 Å². The molecule has 0 fully saturated rings. The maximum atomic E-state index is 11.8. The molecule has 0 saturated carbocycles. The van der Waals surface area contributed by atoms with Crippen molar-refractivity contribution in [3.05, 3.63) is 64.1 Å². The van der Waals surface area contributed by atoms with Gasteiger partial charge in [0.2, 0.25) is 5.43 Å². The number of pyridine rings is 1. The van der Waals surface area contributed by atoms with Crippen LogP contribution < -0.4 is 5.43 Å². The highest BCUT2D eigenvalue weighted by Gasteiger charge is 2.15. The van der Waals surface area contributed by atoms with Crippen LogP contribution in [0.4, 0.5) is 0 Å². The number of benzene rings is 1. The van der Waals surface area contributed by atoms with Crippen LogP contribution in [0.1, 0.15) is 45.0 Å². The third-order valence-corrected chi connectivity index (χ3v) is 4.02. The van der Waals surface area contributed by atoms with Gasteiger partial charge in [-0.05, 0) is 33.3 Å². The zero-order valence-electron chi connectivity index (χ0n) is 14.4. The molecule has 1 N–H and O–H groups in total. The molecule has 1 aromatic heterocycles. The van der Waals surface area contributed by atoms with Gasteiger partial charge in [0.15, 0.2) is 5.75 Å². The van der Waals surface area contributed by atoms with Crippen molar-refractivity contribution < 1.29 is 5.11 Å². The maximum absolute atomic E-state index is 11.8. The van der Waals surface area contributed by atoms with E-state index in [-0.39, 0.29) is 17.2 Å². The van der Waals surface area contributed by atoms with E-state index in [4.69, 9.17) is 0 Å². The lowest BCUT2D eigenvalue weighted by Crippen LogP contribution is -2.32. The van der Waals surface area contributed by atoms with E-state index >= 15 is 0 Å². The van der Waals surface area contributed by atoms with E-state index in [0.29, 0.717) is 12.6 Å². The Balaban J connectivity index is 2.30. The van der Waals surface area contributed by atoms with Crippen molar-refractivity contribution in [1.29, 1.82) is 0 Å². The van der Waals surface area contributed by atoms with Gasteiger partial charge in [0.25, 0.3) is 0 Å². The van der Waals surface area contributed by atoms with Crippen LogP contribution in [-0.2, 0) is 13.1 Å². The summed E-state index contributed by atoms with van der Waals surface area (Å²) in [5, 5.41) is 9.71. The summed E-state index contributed by atoms with van der Waals surface area (Å²) in [7, 11) is 0. The van der Waals surface area contributed by atoms with Gasteiger partial charge in [-0.1, -0.05) is 30.3 Å². The van der Waals surface area contributed by atoms with Crippen LogP contribution in [0.2, 0.25) is 0 Å². The van der Waals surface area contributed by atoms with Gasteiger partial charge < -0.3 is 9.67 Å². The maximum Gasteiger partial charge on any atom is 0.223 e. The smallest absolute Gasteiger partial charge is 0.223 e. The minimum absolute atomic E-state index is 0.183. The molecular formula is C19H26N2O2. The van der Waals surface area contributed by atoms with Crippen LogP contribution in [0, 0.1) is 0 Å². The number of aromatic nitrogens is 1. The first kappa shape index (κ1) is 17.3. The molecule has 23 heavy (non-hydrogen) atoms. The zero-order chi connectivity index (χ0) is 17.0. The van der Waals surface area contributed by atoms with E-state index in [1.165, 1.54) is 5.56 Å². The Bertz CT molecular complexity index is 690. The largest absolute Gasteiger partial charge is 0.503 e. The quantitative estimate of drug-likeness (QED) is 0.887. The highest BCUT2D eigenvalue weighted by molar-refractivity contribution is 5.21. The molecule has 0 amide bonds. The van der Waals surface area contributed by atoms with E-state index in [2.05, 4.69) is 30.9 Å². The van der Waals surface area contributed by atoms with E-state index < -0.39 is 0 Å². The Morgan fingerprint density at radius 3 is 2.30 bits per heavy atom. The van der Waals surface area contributed by atoms with E-state index in [0.717, 1.165) is 12.2 Å². The van der Waals surface area contributed by atoms with Gasteiger partial charge in [0.1, 0.15) is 0 Å². The molecule has 0 aliphatic rings. The first-order valence-electron chi connectivity index (χ1n) is 8.10. The minimum atomic E-state index is -0.319. The highest BCUT2D eigenvalue weighted by Crippen LogP contribution is 2.17. The fourth-order valence-corrected chi connectivity index (χ4v) is 2.63. The SMILES string of the molecule is CC(C)N(Cc1ccccc1)Cc1cc(=O)c(O)cn1C(C)C. The Hall–Kier alpha value is -2.07. The molecule has 0 radical (unpaired) electrons. The van der Waals surface area contributed by atoms with E-state index in [1.54, 1.807) is 12.3 Å². The topological polar surface area (TPSA) is 45.5 Å². The van der Waals surface area contributed by atoms with Crippen LogP contribution in [0.5, 0.6) is 5.75 Å². The monoisotopic (exact) mass is 314 g/mol. The van der Waals surface area contributed by atoms with Crippen molar-refractivity contribution in [3.8, 4) is 5.75 Å². The molecule has 1 aromatic carbocycles. The molecule has 0 aliphatic carbocycles. The van der Waals surface area contributed by atoms with Crippen molar-refractivity contribution >= 4 is 0 Å². The molecule has 1 heterocycles. The van der Waals surface area contributed by atoms with Gasteiger partial charge in [-0.15, -0.1) is 0 Å². The van der Waals surface area contributed by atoms with Gasteiger partial charge in [0.05, 0.1) is 6.20 Å². The predicted octanol–water partition coefficient (Wildman–Crippen LogP) is 3.55. The molecule has 124 valence electrons. The van der Waals surface area contributed by atoms with Crippen molar-refractivity contribution in [1.82, 2.24) is 9.47 Å². The van der Waals surface area contributed by atoms with Crippen molar-refractivity contribution in [2.75, 3.05) is 0 Å². The third kappa shape index (κ3) is 4.45. The molecule has 0 atom stereocenters. The molecule has 0 bridgehead atoms. The Kier molecular flexibility index (Phi) is 5.61. The Morgan fingerprint density at radius 2 is 1.74 bits per heavy atom. The molecule has 0 aliphatic heterocycles. The van der Waals surface area contributed by atoms with Crippen LogP contribution in [0.25, 0.3) is 0 Å². The van der Waals surface area contributed by atoms with Crippen molar-refractivity contribution in [2.45, 2.75) is 52.9 Å². The van der Waals surface area contributed by atoms with Crippen LogP contribution in [0.3, 0.4) is 0 Å². The number of rotatable bonds is 6. The summed E-state index contributed by atoms with van der Waals surface area (Å²) < 4.78 is 1.97. The molecule has 0 unspecified atom stereocenters. The molecule has 4 heteroatoms. The normalized spacial score (nSPS) is 11.6. The number of aromatic hydroxyl groups is 1. The minimum Gasteiger partial charge on any atom is -0.503 e. The van der Waals surface area contributed by atoms with E-state index in [1.807, 2.05) is 36.6 Å². The second-order valence-electron chi connectivity index (χ2n) is 6.50. The van der Waals surface area contributed by atoms with Crippen LogP contribution in [0.15, 0.2) is 47.4 Å². The third-order valence-electron chi connectivity index (χ3n) is 4.02. The number of hydrogen-bond donors (Lipinski definition) is 1. The Labute approximate surface area is 138 Å². The molecular weight excluding hydrogens is 288 g/mol.